The van der Waals surface area contributed by atoms with E-state index in [0.29, 0.717) is 28.1 Å². The number of alkyl halides is 5. The Bertz CT molecular complexity index is 1380. The van der Waals surface area contributed by atoms with E-state index in [-0.39, 0.29) is 22.3 Å². The minimum Gasteiger partial charge on any atom is -0.435 e. The van der Waals surface area contributed by atoms with Crippen molar-refractivity contribution >= 4 is 40.2 Å². The maximum absolute atomic E-state index is 13.0. The van der Waals surface area contributed by atoms with Crippen LogP contribution in [0.3, 0.4) is 0 Å². The fourth-order valence-corrected chi connectivity index (χ4v) is 3.89. The van der Waals surface area contributed by atoms with Gasteiger partial charge >= 0.3 is 12.8 Å². The number of benzene rings is 1. The van der Waals surface area contributed by atoms with Gasteiger partial charge in [-0.25, -0.2) is 9.97 Å². The average molecular weight is 494 g/mol. The summed E-state index contributed by atoms with van der Waals surface area (Å²) in [6, 6.07) is 9.66. The van der Waals surface area contributed by atoms with E-state index in [1.54, 1.807) is 49.5 Å². The maximum Gasteiger partial charge on any atom is 0.434 e. The number of anilines is 1. The van der Waals surface area contributed by atoms with Gasteiger partial charge in [-0.2, -0.15) is 22.0 Å². The van der Waals surface area contributed by atoms with Crippen molar-refractivity contribution in [3.8, 4) is 5.75 Å². The Morgan fingerprint density at radius 1 is 1.15 bits per heavy atom. The number of hydrogen-bond donors (Lipinski definition) is 1. The molecule has 12 heteroatoms. The second kappa shape index (κ2) is 9.21. The van der Waals surface area contributed by atoms with Gasteiger partial charge in [0.05, 0.1) is 5.69 Å². The topological polar surface area (TPSA) is 68.5 Å². The first-order valence-corrected chi connectivity index (χ1v) is 10.5. The quantitative estimate of drug-likeness (QED) is 0.327. The third-order valence-electron chi connectivity index (χ3n) is 4.75. The zero-order valence-electron chi connectivity index (χ0n) is 17.3. The van der Waals surface area contributed by atoms with Gasteiger partial charge in [-0.1, -0.05) is 24.3 Å². The summed E-state index contributed by atoms with van der Waals surface area (Å²) in [6.45, 7) is -1.37. The normalized spacial score (nSPS) is 12.1. The summed E-state index contributed by atoms with van der Waals surface area (Å²) in [5.74, 6) is -0.706. The van der Waals surface area contributed by atoms with Crippen molar-refractivity contribution in [3.63, 3.8) is 0 Å². The number of halogens is 5. The lowest BCUT2D eigenvalue weighted by atomic mass is 10.1. The van der Waals surface area contributed by atoms with Crippen molar-refractivity contribution < 1.29 is 31.5 Å². The van der Waals surface area contributed by atoms with Gasteiger partial charge in [0, 0.05) is 11.6 Å². The Morgan fingerprint density at radius 2 is 1.94 bits per heavy atom. The van der Waals surface area contributed by atoms with Crippen molar-refractivity contribution in [2.24, 2.45) is 0 Å². The van der Waals surface area contributed by atoms with E-state index in [4.69, 9.17) is 0 Å². The van der Waals surface area contributed by atoms with Crippen molar-refractivity contribution in [1.82, 2.24) is 14.4 Å². The number of imidazole rings is 1. The van der Waals surface area contributed by atoms with Crippen LogP contribution >= 0.6 is 11.3 Å². The van der Waals surface area contributed by atoms with Crippen LogP contribution in [0.25, 0.3) is 17.8 Å². The van der Waals surface area contributed by atoms with Crippen LogP contribution in [0.2, 0.25) is 0 Å². The Labute approximate surface area is 193 Å². The minimum absolute atomic E-state index is 0.00866. The number of rotatable bonds is 6. The number of aromatic nitrogens is 3. The third kappa shape index (κ3) is 4.91. The number of nitrogens with zero attached hydrogens (tertiary/aromatic N) is 3. The van der Waals surface area contributed by atoms with Gasteiger partial charge in [-0.05, 0) is 42.3 Å². The van der Waals surface area contributed by atoms with E-state index >= 15 is 0 Å². The molecule has 0 unspecified atom stereocenters. The summed E-state index contributed by atoms with van der Waals surface area (Å²) in [5, 5.41) is 2.97. The SMILES string of the molecule is Cc1c(/C=C/c2nc3ccccn3c2C(=O)Nc2nc(C(F)(F)F)cs2)cccc1OC(F)F. The van der Waals surface area contributed by atoms with Crippen molar-refractivity contribution in [2.45, 2.75) is 19.7 Å². The monoisotopic (exact) mass is 494 g/mol. The molecule has 3 heterocycles. The van der Waals surface area contributed by atoms with Crippen LogP contribution in [0, 0.1) is 6.92 Å². The smallest absolute Gasteiger partial charge is 0.434 e. The molecule has 0 aliphatic carbocycles. The standard InChI is InChI=1S/C22H15F5N4O2S/c1-12-13(5-4-6-15(12)33-20(23)24)8-9-14-18(31-10-3-2-7-17(31)28-14)19(32)30-21-29-16(11-34-21)22(25,26)27/h2-11,20H,1H3,(H,29,30,32)/b9-8+. The molecule has 0 radical (unpaired) electrons. The first kappa shape index (κ1) is 23.4. The van der Waals surface area contributed by atoms with E-state index in [0.717, 1.165) is 5.38 Å². The number of thiazole rings is 1. The van der Waals surface area contributed by atoms with Crippen LogP contribution in [-0.2, 0) is 6.18 Å². The summed E-state index contributed by atoms with van der Waals surface area (Å²) in [4.78, 5) is 20.8. The number of carbonyl (C=O) groups excluding carboxylic acids is 1. The second-order valence-electron chi connectivity index (χ2n) is 6.95. The molecule has 1 amide bonds. The lowest BCUT2D eigenvalue weighted by molar-refractivity contribution is -0.140. The van der Waals surface area contributed by atoms with E-state index < -0.39 is 24.4 Å². The lowest BCUT2D eigenvalue weighted by Gasteiger charge is -2.09. The average Bonchev–Trinajstić information content (AvgIpc) is 3.38. The Balaban J connectivity index is 1.68. The molecule has 1 N–H and O–H groups in total. The molecule has 0 aliphatic heterocycles. The molecular formula is C22H15F5N4O2S. The number of hydrogen-bond acceptors (Lipinski definition) is 5. The summed E-state index contributed by atoms with van der Waals surface area (Å²) in [7, 11) is 0. The van der Waals surface area contributed by atoms with E-state index in [1.807, 2.05) is 0 Å². The summed E-state index contributed by atoms with van der Waals surface area (Å²) >= 11 is 0.646. The molecule has 1 aromatic carbocycles. The summed E-state index contributed by atoms with van der Waals surface area (Å²) in [5.41, 5.74) is 0.609. The molecule has 6 nitrogen and oxygen atoms in total. The number of amides is 1. The third-order valence-corrected chi connectivity index (χ3v) is 5.51. The first-order valence-electron chi connectivity index (χ1n) is 9.67. The van der Waals surface area contributed by atoms with E-state index in [9.17, 15) is 26.7 Å². The van der Waals surface area contributed by atoms with Crippen LogP contribution in [0.4, 0.5) is 27.1 Å². The van der Waals surface area contributed by atoms with Crippen molar-refractivity contribution in [1.29, 1.82) is 0 Å². The predicted molar refractivity (Wildman–Crippen MR) is 117 cm³/mol. The van der Waals surface area contributed by atoms with Gasteiger partial charge in [0.15, 0.2) is 10.8 Å². The molecule has 3 aromatic heterocycles. The van der Waals surface area contributed by atoms with Gasteiger partial charge in [0.2, 0.25) is 0 Å². The highest BCUT2D eigenvalue weighted by Crippen LogP contribution is 2.32. The van der Waals surface area contributed by atoms with Crippen LogP contribution in [0.15, 0.2) is 48.0 Å². The molecule has 4 rings (SSSR count). The van der Waals surface area contributed by atoms with Gasteiger partial charge in [-0.3, -0.25) is 14.5 Å². The molecule has 0 fully saturated rings. The zero-order chi connectivity index (χ0) is 24.5. The molecule has 0 atom stereocenters. The molecule has 0 saturated carbocycles. The highest BCUT2D eigenvalue weighted by Gasteiger charge is 2.34. The summed E-state index contributed by atoms with van der Waals surface area (Å²) < 4.78 is 69.7. The van der Waals surface area contributed by atoms with Gasteiger partial charge in [0.1, 0.15) is 17.1 Å². The number of nitrogens with one attached hydrogen (secondary N) is 1. The van der Waals surface area contributed by atoms with Gasteiger partial charge < -0.3 is 4.74 Å². The van der Waals surface area contributed by atoms with E-state index in [1.165, 1.54) is 16.5 Å². The maximum atomic E-state index is 13.0. The summed E-state index contributed by atoms with van der Waals surface area (Å²) in [6.07, 6.45) is 0.0494. The second-order valence-corrected chi connectivity index (χ2v) is 7.80. The van der Waals surface area contributed by atoms with Crippen LogP contribution < -0.4 is 10.1 Å². The van der Waals surface area contributed by atoms with Gasteiger partial charge in [-0.15, -0.1) is 11.3 Å². The molecule has 0 saturated heterocycles. The largest absolute Gasteiger partial charge is 0.435 e. The van der Waals surface area contributed by atoms with Crippen LogP contribution in [0.5, 0.6) is 5.75 Å². The minimum atomic E-state index is -4.63. The lowest BCUT2D eigenvalue weighted by Crippen LogP contribution is -2.16. The van der Waals surface area contributed by atoms with Gasteiger partial charge in [0.25, 0.3) is 5.91 Å². The molecule has 0 bridgehead atoms. The molecule has 4 aromatic rings. The van der Waals surface area contributed by atoms with E-state index in [2.05, 4.69) is 20.0 Å². The fourth-order valence-electron chi connectivity index (χ4n) is 3.18. The fraction of sp³-hybridized carbons (Fsp3) is 0.136. The Kier molecular flexibility index (Phi) is 6.33. The number of pyridine rings is 1. The molecule has 176 valence electrons. The first-order chi connectivity index (χ1) is 16.1. The Hall–Kier alpha value is -3.80. The number of ether oxygens (including phenoxy) is 1. The van der Waals surface area contributed by atoms with Crippen molar-refractivity contribution in [2.75, 3.05) is 5.32 Å². The van der Waals surface area contributed by atoms with Crippen LogP contribution in [0.1, 0.15) is 33.0 Å². The highest BCUT2D eigenvalue weighted by molar-refractivity contribution is 7.14. The van der Waals surface area contributed by atoms with Crippen LogP contribution in [-0.4, -0.2) is 26.9 Å². The Morgan fingerprint density at radius 3 is 2.65 bits per heavy atom. The molecule has 0 spiro atoms. The number of carbonyl (C=O) groups is 1. The zero-order valence-corrected chi connectivity index (χ0v) is 18.1. The van der Waals surface area contributed by atoms with Crippen molar-refractivity contribution in [3.05, 3.63) is 76.2 Å². The molecule has 34 heavy (non-hydrogen) atoms. The molecular weight excluding hydrogens is 479 g/mol. The predicted octanol–water partition coefficient (Wildman–Crippen LogP) is 6.14. The molecule has 0 aliphatic rings. The number of fused-ring (bicyclic) bond motifs is 1. The highest BCUT2D eigenvalue weighted by atomic mass is 32.1.